The molecule has 0 aromatic heterocycles. The first-order chi connectivity index (χ1) is 8.78. The summed E-state index contributed by atoms with van der Waals surface area (Å²) in [5.41, 5.74) is 3.52. The predicted molar refractivity (Wildman–Crippen MR) is 70.0 cm³/mol. The summed E-state index contributed by atoms with van der Waals surface area (Å²) in [4.78, 5) is 0. The summed E-state index contributed by atoms with van der Waals surface area (Å²) in [6, 6.07) is 6.91. The molecule has 0 aliphatic heterocycles. The third-order valence-electron chi connectivity index (χ3n) is 4.90. The predicted octanol–water partition coefficient (Wildman–Crippen LogP) is 3.16. The summed E-state index contributed by atoms with van der Waals surface area (Å²) >= 11 is 0. The molecule has 3 N–H and O–H groups in total. The molecule has 2 saturated carbocycles. The lowest BCUT2D eigenvalue weighted by molar-refractivity contribution is 0.277. The van der Waals surface area contributed by atoms with Crippen molar-refractivity contribution < 1.29 is 4.39 Å². The van der Waals surface area contributed by atoms with Crippen molar-refractivity contribution in [3.05, 3.63) is 35.6 Å². The van der Waals surface area contributed by atoms with Gasteiger partial charge in [-0.25, -0.2) is 4.39 Å². The minimum atomic E-state index is -0.149. The van der Waals surface area contributed by atoms with E-state index in [1.807, 2.05) is 12.1 Å². The number of nitrogens with one attached hydrogen (secondary N) is 1. The van der Waals surface area contributed by atoms with Crippen LogP contribution >= 0.6 is 0 Å². The average molecular weight is 248 g/mol. The lowest BCUT2D eigenvalue weighted by atomic mass is 9.83. The molecule has 0 amide bonds. The Bertz CT molecular complexity index is 421. The van der Waals surface area contributed by atoms with Crippen LogP contribution in [0.15, 0.2) is 24.3 Å². The van der Waals surface area contributed by atoms with Crippen LogP contribution < -0.4 is 11.3 Å². The van der Waals surface area contributed by atoms with E-state index < -0.39 is 0 Å². The van der Waals surface area contributed by atoms with Crippen molar-refractivity contribution in [2.75, 3.05) is 0 Å². The van der Waals surface area contributed by atoms with E-state index in [2.05, 4.69) is 5.43 Å². The van der Waals surface area contributed by atoms with Gasteiger partial charge in [0.05, 0.1) is 0 Å². The van der Waals surface area contributed by atoms with Crippen molar-refractivity contribution in [2.24, 2.45) is 23.6 Å². The molecule has 1 aromatic carbocycles. The van der Waals surface area contributed by atoms with Gasteiger partial charge in [0.25, 0.3) is 0 Å². The van der Waals surface area contributed by atoms with Crippen molar-refractivity contribution in [1.82, 2.24) is 5.43 Å². The number of hydrazine groups is 1. The summed E-state index contributed by atoms with van der Waals surface area (Å²) in [7, 11) is 0. The van der Waals surface area contributed by atoms with E-state index in [0.29, 0.717) is 5.56 Å². The zero-order valence-electron chi connectivity index (χ0n) is 10.6. The van der Waals surface area contributed by atoms with Gasteiger partial charge in [-0.15, -0.1) is 0 Å². The minimum Gasteiger partial charge on any atom is -0.271 e. The number of halogens is 1. The maximum atomic E-state index is 13.8. The summed E-state index contributed by atoms with van der Waals surface area (Å²) in [5.74, 6) is 8.00. The summed E-state index contributed by atoms with van der Waals surface area (Å²) in [6.07, 6.45) is 6.45. The molecule has 0 saturated heterocycles. The normalized spacial score (nSPS) is 31.8. The lowest BCUT2D eigenvalue weighted by Gasteiger charge is -2.26. The second kappa shape index (κ2) is 4.98. The van der Waals surface area contributed by atoms with Crippen LogP contribution in [-0.2, 0) is 0 Å². The molecule has 3 heteroatoms. The van der Waals surface area contributed by atoms with Crippen LogP contribution in [0.1, 0.15) is 43.7 Å². The Morgan fingerprint density at radius 3 is 2.72 bits per heavy atom. The fourth-order valence-corrected chi connectivity index (χ4v) is 4.01. The van der Waals surface area contributed by atoms with Crippen molar-refractivity contribution in [3.8, 4) is 0 Å². The van der Waals surface area contributed by atoms with Gasteiger partial charge < -0.3 is 0 Å². The Labute approximate surface area is 108 Å². The van der Waals surface area contributed by atoms with Crippen LogP contribution in [0.4, 0.5) is 4.39 Å². The molecule has 2 aliphatic rings. The van der Waals surface area contributed by atoms with Crippen LogP contribution in [0.2, 0.25) is 0 Å². The zero-order valence-corrected chi connectivity index (χ0v) is 10.6. The van der Waals surface area contributed by atoms with E-state index >= 15 is 0 Å². The third-order valence-corrected chi connectivity index (χ3v) is 4.90. The molecular weight excluding hydrogens is 227 g/mol. The highest BCUT2D eigenvalue weighted by Gasteiger charge is 2.40. The molecule has 0 radical (unpaired) electrons. The summed E-state index contributed by atoms with van der Waals surface area (Å²) in [6.45, 7) is 0. The Hall–Kier alpha value is -0.930. The first kappa shape index (κ1) is 12.1. The van der Waals surface area contributed by atoms with Gasteiger partial charge in [0, 0.05) is 11.6 Å². The minimum absolute atomic E-state index is 0.0458. The zero-order chi connectivity index (χ0) is 12.5. The smallest absolute Gasteiger partial charge is 0.128 e. The Morgan fingerprint density at radius 1 is 1.28 bits per heavy atom. The number of rotatable bonds is 4. The Balaban J connectivity index is 1.72. The SMILES string of the molecule is NNC(CC1CC2CCC1C2)c1ccccc1F. The van der Waals surface area contributed by atoms with Crippen LogP contribution in [0, 0.1) is 23.6 Å². The lowest BCUT2D eigenvalue weighted by Crippen LogP contribution is -2.31. The third kappa shape index (κ3) is 2.17. The highest BCUT2D eigenvalue weighted by molar-refractivity contribution is 5.21. The van der Waals surface area contributed by atoms with Gasteiger partial charge in [0.1, 0.15) is 5.82 Å². The number of benzene rings is 1. The highest BCUT2D eigenvalue weighted by atomic mass is 19.1. The van der Waals surface area contributed by atoms with Gasteiger partial charge in [-0.05, 0) is 49.5 Å². The number of nitrogens with two attached hydrogens (primary N) is 1. The van der Waals surface area contributed by atoms with Gasteiger partial charge in [0.15, 0.2) is 0 Å². The molecule has 4 unspecified atom stereocenters. The Morgan fingerprint density at radius 2 is 2.11 bits per heavy atom. The van der Waals surface area contributed by atoms with Gasteiger partial charge >= 0.3 is 0 Å². The second-order valence-corrected chi connectivity index (χ2v) is 5.91. The van der Waals surface area contributed by atoms with Crippen molar-refractivity contribution in [3.63, 3.8) is 0 Å². The molecule has 2 aliphatic carbocycles. The van der Waals surface area contributed by atoms with E-state index in [1.54, 1.807) is 6.07 Å². The first-order valence-corrected chi connectivity index (χ1v) is 6.98. The van der Waals surface area contributed by atoms with Gasteiger partial charge in [0.2, 0.25) is 0 Å². The highest BCUT2D eigenvalue weighted by Crippen LogP contribution is 2.50. The molecule has 0 heterocycles. The maximum absolute atomic E-state index is 13.8. The number of hydrogen-bond acceptors (Lipinski definition) is 2. The van der Waals surface area contributed by atoms with Gasteiger partial charge in [-0.2, -0.15) is 0 Å². The fraction of sp³-hybridized carbons (Fsp3) is 0.600. The molecule has 2 bridgehead atoms. The maximum Gasteiger partial charge on any atom is 0.128 e. The van der Waals surface area contributed by atoms with Crippen molar-refractivity contribution >= 4 is 0 Å². The number of fused-ring (bicyclic) bond motifs is 2. The van der Waals surface area contributed by atoms with Gasteiger partial charge in [-0.1, -0.05) is 24.6 Å². The molecule has 3 rings (SSSR count). The second-order valence-electron chi connectivity index (χ2n) is 5.91. The molecular formula is C15H21FN2. The Kier molecular flexibility index (Phi) is 3.35. The first-order valence-electron chi connectivity index (χ1n) is 6.98. The molecule has 18 heavy (non-hydrogen) atoms. The van der Waals surface area contributed by atoms with E-state index in [1.165, 1.54) is 31.7 Å². The van der Waals surface area contributed by atoms with Crippen LogP contribution in [0.25, 0.3) is 0 Å². The summed E-state index contributed by atoms with van der Waals surface area (Å²) < 4.78 is 13.8. The van der Waals surface area contributed by atoms with E-state index in [4.69, 9.17) is 5.84 Å². The molecule has 1 aromatic rings. The summed E-state index contributed by atoms with van der Waals surface area (Å²) in [5, 5.41) is 0. The molecule has 98 valence electrons. The topological polar surface area (TPSA) is 38.0 Å². The standard InChI is InChI=1S/C15H21FN2/c16-14-4-2-1-3-13(14)15(18-17)9-12-8-10-5-6-11(12)7-10/h1-4,10-12,15,18H,5-9,17H2. The van der Waals surface area contributed by atoms with E-state index in [9.17, 15) is 4.39 Å². The largest absolute Gasteiger partial charge is 0.271 e. The molecule has 2 fully saturated rings. The number of hydrogen-bond donors (Lipinski definition) is 2. The fourth-order valence-electron chi connectivity index (χ4n) is 4.01. The quantitative estimate of drug-likeness (QED) is 0.634. The monoisotopic (exact) mass is 248 g/mol. The molecule has 2 nitrogen and oxygen atoms in total. The molecule has 4 atom stereocenters. The van der Waals surface area contributed by atoms with Crippen molar-refractivity contribution in [1.29, 1.82) is 0 Å². The van der Waals surface area contributed by atoms with E-state index in [0.717, 1.165) is 24.2 Å². The van der Waals surface area contributed by atoms with Crippen molar-refractivity contribution in [2.45, 2.75) is 38.1 Å². The van der Waals surface area contributed by atoms with Crippen LogP contribution in [0.5, 0.6) is 0 Å². The van der Waals surface area contributed by atoms with Crippen LogP contribution in [0.3, 0.4) is 0 Å². The van der Waals surface area contributed by atoms with Gasteiger partial charge in [-0.3, -0.25) is 11.3 Å². The average Bonchev–Trinajstić information content (AvgIpc) is 2.99. The van der Waals surface area contributed by atoms with Crippen LogP contribution in [-0.4, -0.2) is 0 Å². The van der Waals surface area contributed by atoms with E-state index in [-0.39, 0.29) is 11.9 Å². The molecule has 0 spiro atoms.